The number of carbonyl (C=O) groups is 1. The van der Waals surface area contributed by atoms with Crippen LogP contribution in [0, 0.1) is 6.92 Å². The first kappa shape index (κ1) is 17.4. The normalized spacial score (nSPS) is 12.9. The van der Waals surface area contributed by atoms with E-state index in [1.54, 1.807) is 13.1 Å². The molecule has 1 aromatic carbocycles. The molecule has 124 valence electrons. The number of hydrogen-bond acceptors (Lipinski definition) is 5. The van der Waals surface area contributed by atoms with Gasteiger partial charge in [0, 0.05) is 24.4 Å². The summed E-state index contributed by atoms with van der Waals surface area (Å²) in [5.41, 5.74) is 1.77. The highest BCUT2D eigenvalue weighted by Crippen LogP contribution is 2.12. The van der Waals surface area contributed by atoms with Gasteiger partial charge in [0.1, 0.15) is 12.4 Å². The first-order chi connectivity index (χ1) is 11.6. The second kappa shape index (κ2) is 8.62. The second-order valence-corrected chi connectivity index (χ2v) is 5.27. The van der Waals surface area contributed by atoms with Crippen LogP contribution in [0.25, 0.3) is 0 Å². The third-order valence-electron chi connectivity index (χ3n) is 3.22. The lowest BCUT2D eigenvalue weighted by atomic mass is 10.2. The molecule has 1 aromatic heterocycles. The number of hydrogen-bond donors (Lipinski definition) is 0. The van der Waals surface area contributed by atoms with Crippen LogP contribution >= 0.6 is 0 Å². The molecule has 0 saturated heterocycles. The zero-order valence-corrected chi connectivity index (χ0v) is 13.7. The van der Waals surface area contributed by atoms with Gasteiger partial charge in [-0.1, -0.05) is 30.3 Å². The predicted molar refractivity (Wildman–Crippen MR) is 92.4 cm³/mol. The highest BCUT2D eigenvalue weighted by atomic mass is 16.5. The topological polar surface area (TPSA) is 68.9 Å². The van der Waals surface area contributed by atoms with Gasteiger partial charge in [-0.05, 0) is 25.5 Å². The molecule has 1 aliphatic heterocycles. The van der Waals surface area contributed by atoms with Crippen LogP contribution in [0.2, 0.25) is 0 Å². The number of rotatable bonds is 3. The Bertz CT molecular complexity index is 804. The Morgan fingerprint density at radius 2 is 1.88 bits per heavy atom. The molecule has 1 aliphatic rings. The second-order valence-electron chi connectivity index (χ2n) is 5.27. The van der Waals surface area contributed by atoms with Crippen LogP contribution < -0.4 is 10.2 Å². The number of benzene rings is 1. The van der Waals surface area contributed by atoms with Crippen LogP contribution in [0.15, 0.2) is 69.1 Å². The molecule has 0 N–H and O–H groups in total. The minimum atomic E-state index is -0.153. The molecule has 0 fully saturated rings. The van der Waals surface area contributed by atoms with Crippen LogP contribution in [0.4, 0.5) is 0 Å². The minimum Gasteiger partial charge on any atom is -0.482 e. The summed E-state index contributed by atoms with van der Waals surface area (Å²) in [6, 6.07) is 11.0. The molecule has 0 amide bonds. The highest BCUT2D eigenvalue weighted by Gasteiger charge is 2.06. The van der Waals surface area contributed by atoms with Gasteiger partial charge >= 0.3 is 0 Å². The van der Waals surface area contributed by atoms with Gasteiger partial charge in [0.15, 0.2) is 5.78 Å². The van der Waals surface area contributed by atoms with E-state index in [0.717, 1.165) is 11.3 Å². The largest absolute Gasteiger partial charge is 0.482 e. The molecule has 0 radical (unpaired) electrons. The van der Waals surface area contributed by atoms with E-state index in [0.29, 0.717) is 18.8 Å². The molecule has 2 heterocycles. The van der Waals surface area contributed by atoms with Gasteiger partial charge in [-0.3, -0.25) is 14.6 Å². The molecule has 24 heavy (non-hydrogen) atoms. The summed E-state index contributed by atoms with van der Waals surface area (Å²) >= 11 is 0. The molecule has 0 saturated carbocycles. The summed E-state index contributed by atoms with van der Waals surface area (Å²) in [7, 11) is 0. The van der Waals surface area contributed by atoms with E-state index in [-0.39, 0.29) is 17.0 Å². The van der Waals surface area contributed by atoms with Gasteiger partial charge in [-0.25, -0.2) is 0 Å². The molecule has 0 bridgehead atoms. The number of allylic oxidation sites excluding steroid dienone is 1. The molecular weight excluding hydrogens is 306 g/mol. The van der Waals surface area contributed by atoms with Gasteiger partial charge in [-0.15, -0.1) is 0 Å². The predicted octanol–water partition coefficient (Wildman–Crippen LogP) is 3.46. The Morgan fingerprint density at radius 1 is 1.12 bits per heavy atom. The van der Waals surface area contributed by atoms with Crippen LogP contribution in [0.5, 0.6) is 5.75 Å². The van der Waals surface area contributed by atoms with Crippen LogP contribution in [-0.4, -0.2) is 11.5 Å². The molecule has 0 unspecified atom stereocenters. The van der Waals surface area contributed by atoms with E-state index in [4.69, 9.17) is 9.15 Å². The third kappa shape index (κ3) is 5.35. The molecule has 0 spiro atoms. The number of aliphatic imine (C=N–C) groups is 1. The van der Waals surface area contributed by atoms with Crippen molar-refractivity contribution >= 4 is 11.5 Å². The maximum atomic E-state index is 11.5. The van der Waals surface area contributed by atoms with Crippen molar-refractivity contribution in [3.8, 4) is 5.75 Å². The molecule has 5 nitrogen and oxygen atoms in total. The fraction of sp³-hybridized carbons (Fsp3) is 0.211. The lowest BCUT2D eigenvalue weighted by molar-refractivity contribution is -0.113. The average Bonchev–Trinajstić information content (AvgIpc) is 2.56. The quantitative estimate of drug-likeness (QED) is 0.866. The number of nitrogens with zero attached hydrogens (tertiary/aromatic N) is 1. The van der Waals surface area contributed by atoms with Gasteiger partial charge in [0.05, 0.1) is 6.26 Å². The smallest absolute Gasteiger partial charge is 0.227 e. The van der Waals surface area contributed by atoms with E-state index in [2.05, 4.69) is 4.99 Å². The summed E-state index contributed by atoms with van der Waals surface area (Å²) in [5.74, 6) is 0.937. The lowest BCUT2D eigenvalue weighted by Gasteiger charge is -2.06. The van der Waals surface area contributed by atoms with E-state index >= 15 is 0 Å². The van der Waals surface area contributed by atoms with Gasteiger partial charge in [0.2, 0.25) is 11.2 Å². The molecule has 5 heteroatoms. The Balaban J connectivity index is 0.000000219. The monoisotopic (exact) mass is 325 g/mol. The van der Waals surface area contributed by atoms with Gasteiger partial charge < -0.3 is 9.15 Å². The van der Waals surface area contributed by atoms with Crippen molar-refractivity contribution in [1.29, 1.82) is 0 Å². The van der Waals surface area contributed by atoms with Crippen LogP contribution in [0.3, 0.4) is 0 Å². The van der Waals surface area contributed by atoms with E-state index in [1.807, 2.05) is 37.3 Å². The maximum absolute atomic E-state index is 11.5. The van der Waals surface area contributed by atoms with E-state index in [9.17, 15) is 9.59 Å². The Hall–Kier alpha value is -2.95. The van der Waals surface area contributed by atoms with Gasteiger partial charge in [0.25, 0.3) is 0 Å². The Kier molecular flexibility index (Phi) is 6.25. The fourth-order valence-electron chi connectivity index (χ4n) is 2.01. The van der Waals surface area contributed by atoms with Crippen molar-refractivity contribution < 1.29 is 13.9 Å². The fourth-order valence-corrected chi connectivity index (χ4v) is 2.01. The molecule has 3 rings (SSSR count). The highest BCUT2D eigenvalue weighted by molar-refractivity contribution is 6.07. The molecule has 0 atom stereocenters. The standard InChI is InChI=1S/C13H12O3.C6H7NO/c1-10-13(12(14)7-8-15-10)16-9-11-5-3-2-4-6-11;1-5-4-6(8)2-3-7-5/h2-8H,9H2,1H3;2-3H,4H2,1H3. The number of carbonyl (C=O) groups excluding carboxylic acids is 1. The number of ether oxygens (including phenoxy) is 1. The summed E-state index contributed by atoms with van der Waals surface area (Å²) in [6.07, 6.45) is 4.90. The SMILES string of the molecule is CC1=NC=CC(=O)C1.Cc1occc(=O)c1OCc1ccccc1. The molecule has 0 aliphatic carbocycles. The zero-order valence-electron chi connectivity index (χ0n) is 13.7. The zero-order chi connectivity index (χ0) is 17.4. The Morgan fingerprint density at radius 3 is 2.46 bits per heavy atom. The van der Waals surface area contributed by atoms with Crippen LogP contribution in [0.1, 0.15) is 24.7 Å². The van der Waals surface area contributed by atoms with Crippen molar-refractivity contribution in [2.75, 3.05) is 0 Å². The van der Waals surface area contributed by atoms with Crippen molar-refractivity contribution in [2.24, 2.45) is 4.99 Å². The van der Waals surface area contributed by atoms with Crippen molar-refractivity contribution in [3.63, 3.8) is 0 Å². The molecular formula is C19H19NO4. The summed E-state index contributed by atoms with van der Waals surface area (Å²) in [5, 5.41) is 0. The average molecular weight is 325 g/mol. The maximum Gasteiger partial charge on any atom is 0.227 e. The summed E-state index contributed by atoms with van der Waals surface area (Å²) in [4.78, 5) is 25.9. The van der Waals surface area contributed by atoms with Crippen LogP contribution in [-0.2, 0) is 11.4 Å². The third-order valence-corrected chi connectivity index (χ3v) is 3.22. The first-order valence-electron chi connectivity index (χ1n) is 7.54. The summed E-state index contributed by atoms with van der Waals surface area (Å²) < 4.78 is 10.5. The first-order valence-corrected chi connectivity index (χ1v) is 7.54. The summed E-state index contributed by atoms with van der Waals surface area (Å²) in [6.45, 7) is 3.93. The van der Waals surface area contributed by atoms with Gasteiger partial charge in [-0.2, -0.15) is 0 Å². The van der Waals surface area contributed by atoms with E-state index in [1.165, 1.54) is 18.4 Å². The van der Waals surface area contributed by atoms with Crippen molar-refractivity contribution in [1.82, 2.24) is 0 Å². The number of aryl methyl sites for hydroxylation is 1. The minimum absolute atomic E-state index is 0.150. The Labute approximate surface area is 140 Å². The van der Waals surface area contributed by atoms with Crippen molar-refractivity contribution in [2.45, 2.75) is 26.9 Å². The molecule has 2 aromatic rings. The number of ketones is 1. The lowest BCUT2D eigenvalue weighted by Crippen LogP contribution is -2.08. The van der Waals surface area contributed by atoms with Crippen molar-refractivity contribution in [3.05, 3.63) is 76.5 Å². The van der Waals surface area contributed by atoms with E-state index < -0.39 is 0 Å².